The second kappa shape index (κ2) is 13.2. The number of nitrogens with one attached hydrogen (secondary N) is 1. The summed E-state index contributed by atoms with van der Waals surface area (Å²) in [5.41, 5.74) is 3.27. The van der Waals surface area contributed by atoms with Crippen molar-refractivity contribution in [2.24, 2.45) is 0 Å². The number of rotatable bonds is 11. The molecule has 38 heavy (non-hydrogen) atoms. The monoisotopic (exact) mass is 518 g/mol. The molecule has 1 atom stereocenters. The van der Waals surface area contributed by atoms with Gasteiger partial charge < -0.3 is 24.4 Å². The molecule has 202 valence electrons. The molecule has 1 saturated heterocycles. The van der Waals surface area contributed by atoms with Crippen LogP contribution in [0.25, 0.3) is 10.9 Å². The lowest BCUT2D eigenvalue weighted by atomic mass is 10.1. The molecule has 0 spiro atoms. The number of aromatic nitrogens is 1. The largest absolute Gasteiger partial charge is 0.365 e. The molecule has 8 nitrogen and oxygen atoms in total. The molecule has 8 heteroatoms. The lowest BCUT2D eigenvalue weighted by Crippen LogP contribution is -2.41. The van der Waals surface area contributed by atoms with Crippen molar-refractivity contribution in [3.05, 3.63) is 71.9 Å². The van der Waals surface area contributed by atoms with Gasteiger partial charge in [-0.2, -0.15) is 0 Å². The Hall–Kier alpha value is -3.65. The van der Waals surface area contributed by atoms with Crippen LogP contribution in [0.15, 0.2) is 60.8 Å². The Morgan fingerprint density at radius 1 is 1.00 bits per heavy atom. The summed E-state index contributed by atoms with van der Waals surface area (Å²) in [4.78, 5) is 47.5. The summed E-state index contributed by atoms with van der Waals surface area (Å²) >= 11 is 0. The highest BCUT2D eigenvalue weighted by Gasteiger charge is 2.31. The fourth-order valence-corrected chi connectivity index (χ4v) is 4.99. The van der Waals surface area contributed by atoms with E-state index in [4.69, 9.17) is 4.74 Å². The first-order valence-electron chi connectivity index (χ1n) is 13.5. The van der Waals surface area contributed by atoms with Gasteiger partial charge in [-0.05, 0) is 43.9 Å². The average molecular weight is 519 g/mol. The summed E-state index contributed by atoms with van der Waals surface area (Å²) in [6.45, 7) is 6.22. The zero-order valence-corrected chi connectivity index (χ0v) is 22.4. The van der Waals surface area contributed by atoms with E-state index in [0.29, 0.717) is 45.4 Å². The number of amides is 3. The van der Waals surface area contributed by atoms with Gasteiger partial charge in [0.25, 0.3) is 0 Å². The minimum atomic E-state index is -0.436. The fraction of sp³-hybridized carbons (Fsp3) is 0.433. The predicted octanol–water partition coefficient (Wildman–Crippen LogP) is 3.27. The van der Waals surface area contributed by atoms with Crippen LogP contribution >= 0.6 is 0 Å². The molecule has 0 aliphatic carbocycles. The van der Waals surface area contributed by atoms with Gasteiger partial charge in [-0.15, -0.1) is 0 Å². The Labute approximate surface area is 224 Å². The Kier molecular flexibility index (Phi) is 9.54. The predicted molar refractivity (Wildman–Crippen MR) is 148 cm³/mol. The summed E-state index contributed by atoms with van der Waals surface area (Å²) in [6, 6.07) is 18.0. The van der Waals surface area contributed by atoms with Gasteiger partial charge in [-0.25, -0.2) is 0 Å². The first-order chi connectivity index (χ1) is 18.5. The number of carbonyl (C=O) groups is 3. The molecule has 1 N–H and O–H groups in total. The quantitative estimate of drug-likeness (QED) is 0.422. The number of aromatic amines is 1. The number of carbonyl (C=O) groups excluding carboxylic acids is 3. The highest BCUT2D eigenvalue weighted by molar-refractivity contribution is 5.87. The molecule has 1 aliphatic rings. The molecule has 2 heterocycles. The zero-order valence-electron chi connectivity index (χ0n) is 22.4. The first-order valence-corrected chi connectivity index (χ1v) is 13.5. The summed E-state index contributed by atoms with van der Waals surface area (Å²) in [5.74, 6) is -0.265. The molecular weight excluding hydrogens is 480 g/mol. The Bertz CT molecular complexity index is 1220. The molecule has 1 aliphatic heterocycles. The molecule has 0 saturated carbocycles. The minimum absolute atomic E-state index is 0.0192. The highest BCUT2D eigenvalue weighted by Crippen LogP contribution is 2.20. The SMILES string of the molecule is CCN(CC)C(=O)CO[C@H]1CN(CCc2ccccc2)C(=O)CN(C(=O)CCc2c[nH]c3ccccc23)C1. The molecular formula is C30H38N4O4. The summed E-state index contributed by atoms with van der Waals surface area (Å²) in [7, 11) is 0. The molecule has 2 aromatic carbocycles. The number of nitrogens with zero attached hydrogens (tertiary/aromatic N) is 3. The van der Waals surface area contributed by atoms with Crippen LogP contribution in [0.5, 0.6) is 0 Å². The van der Waals surface area contributed by atoms with E-state index in [-0.39, 0.29) is 37.4 Å². The number of hydrogen-bond acceptors (Lipinski definition) is 4. The number of hydrogen-bond donors (Lipinski definition) is 1. The van der Waals surface area contributed by atoms with E-state index in [9.17, 15) is 14.4 Å². The highest BCUT2D eigenvalue weighted by atomic mass is 16.5. The van der Waals surface area contributed by atoms with Crippen LogP contribution in [0.1, 0.15) is 31.4 Å². The van der Waals surface area contributed by atoms with E-state index in [1.807, 2.05) is 74.6 Å². The third-order valence-electron chi connectivity index (χ3n) is 7.23. The van der Waals surface area contributed by atoms with E-state index in [2.05, 4.69) is 4.98 Å². The Balaban J connectivity index is 1.43. The number of ether oxygens (including phenoxy) is 1. The third-order valence-corrected chi connectivity index (χ3v) is 7.23. The number of likely N-dealkylation sites (N-methyl/N-ethyl adjacent to an activating group) is 1. The van der Waals surface area contributed by atoms with Crippen LogP contribution in [-0.4, -0.2) is 89.4 Å². The van der Waals surface area contributed by atoms with Crippen molar-refractivity contribution in [3.8, 4) is 0 Å². The summed E-state index contributed by atoms with van der Waals surface area (Å²) in [5, 5.41) is 1.11. The molecule has 0 bridgehead atoms. The topological polar surface area (TPSA) is 85.9 Å². The maximum atomic E-state index is 13.3. The van der Waals surface area contributed by atoms with Gasteiger partial charge in [-0.1, -0.05) is 48.5 Å². The van der Waals surface area contributed by atoms with Gasteiger partial charge in [0.15, 0.2) is 0 Å². The molecule has 1 aromatic heterocycles. The van der Waals surface area contributed by atoms with Crippen LogP contribution in [-0.2, 0) is 32.0 Å². The first kappa shape index (κ1) is 27.4. The Morgan fingerprint density at radius 2 is 1.74 bits per heavy atom. The van der Waals surface area contributed by atoms with Gasteiger partial charge >= 0.3 is 0 Å². The number of para-hydroxylation sites is 1. The third kappa shape index (κ3) is 7.01. The number of aryl methyl sites for hydroxylation is 1. The molecule has 3 amide bonds. The van der Waals surface area contributed by atoms with E-state index >= 15 is 0 Å². The number of fused-ring (bicyclic) bond motifs is 1. The van der Waals surface area contributed by atoms with Crippen molar-refractivity contribution in [2.75, 3.05) is 45.9 Å². The van der Waals surface area contributed by atoms with Crippen molar-refractivity contribution >= 4 is 28.6 Å². The van der Waals surface area contributed by atoms with Gasteiger partial charge in [0.1, 0.15) is 6.61 Å². The maximum absolute atomic E-state index is 13.3. The summed E-state index contributed by atoms with van der Waals surface area (Å²) in [6.07, 6.45) is 3.10. The summed E-state index contributed by atoms with van der Waals surface area (Å²) < 4.78 is 6.04. The Morgan fingerprint density at radius 3 is 2.50 bits per heavy atom. The number of H-pyrrole nitrogens is 1. The van der Waals surface area contributed by atoms with Gasteiger partial charge in [0.05, 0.1) is 12.6 Å². The molecule has 3 aromatic rings. The second-order valence-electron chi connectivity index (χ2n) is 9.71. The van der Waals surface area contributed by atoms with Crippen molar-refractivity contribution in [1.82, 2.24) is 19.7 Å². The van der Waals surface area contributed by atoms with Crippen LogP contribution < -0.4 is 0 Å². The van der Waals surface area contributed by atoms with E-state index in [1.54, 1.807) is 14.7 Å². The maximum Gasteiger partial charge on any atom is 0.248 e. The lowest BCUT2D eigenvalue weighted by Gasteiger charge is -2.26. The minimum Gasteiger partial charge on any atom is -0.365 e. The normalized spacial score (nSPS) is 16.1. The van der Waals surface area contributed by atoms with E-state index < -0.39 is 6.10 Å². The zero-order chi connectivity index (χ0) is 26.9. The second-order valence-corrected chi connectivity index (χ2v) is 9.71. The van der Waals surface area contributed by atoms with Crippen molar-refractivity contribution in [3.63, 3.8) is 0 Å². The smallest absolute Gasteiger partial charge is 0.248 e. The standard InChI is InChI=1S/C30H38N4O4/c1-3-32(4-2)30(37)22-38-25-19-33(17-16-23-10-6-5-7-11-23)29(36)21-34(20-25)28(35)15-14-24-18-31-27-13-9-8-12-26(24)27/h5-13,18,25,31H,3-4,14-17,19-22H2,1-2H3/t25-/m0/s1. The molecule has 1 fully saturated rings. The van der Waals surface area contributed by atoms with E-state index in [0.717, 1.165) is 22.0 Å². The van der Waals surface area contributed by atoms with Crippen molar-refractivity contribution in [1.29, 1.82) is 0 Å². The van der Waals surface area contributed by atoms with Gasteiger partial charge in [0, 0.05) is 56.2 Å². The van der Waals surface area contributed by atoms with Crippen LogP contribution in [0, 0.1) is 0 Å². The fourth-order valence-electron chi connectivity index (χ4n) is 4.99. The van der Waals surface area contributed by atoms with Crippen LogP contribution in [0.3, 0.4) is 0 Å². The molecule has 4 rings (SSSR count). The van der Waals surface area contributed by atoms with E-state index in [1.165, 1.54) is 0 Å². The lowest BCUT2D eigenvalue weighted by molar-refractivity contribution is -0.139. The van der Waals surface area contributed by atoms with Gasteiger partial charge in [-0.3, -0.25) is 14.4 Å². The molecule has 0 unspecified atom stereocenters. The van der Waals surface area contributed by atoms with Gasteiger partial charge in [0.2, 0.25) is 17.7 Å². The van der Waals surface area contributed by atoms with Crippen LogP contribution in [0.2, 0.25) is 0 Å². The number of benzene rings is 2. The van der Waals surface area contributed by atoms with Crippen LogP contribution in [0.4, 0.5) is 0 Å². The average Bonchev–Trinajstić information content (AvgIpc) is 3.28. The van der Waals surface area contributed by atoms with Crippen molar-refractivity contribution in [2.45, 2.75) is 39.2 Å². The van der Waals surface area contributed by atoms with Crippen molar-refractivity contribution < 1.29 is 19.1 Å². The molecule has 0 radical (unpaired) electrons.